The molecule has 1 aromatic carbocycles. The Bertz CT molecular complexity index is 433. The van der Waals surface area contributed by atoms with Crippen LogP contribution in [0.4, 0.5) is 0 Å². The Labute approximate surface area is 118 Å². The summed E-state index contributed by atoms with van der Waals surface area (Å²) >= 11 is 5.93. The van der Waals surface area contributed by atoms with Gasteiger partial charge in [-0.1, -0.05) is 11.6 Å². The van der Waals surface area contributed by atoms with Crippen LogP contribution in [0.15, 0.2) is 18.2 Å². The highest BCUT2D eigenvalue weighted by Gasteiger charge is 2.31. The van der Waals surface area contributed by atoms with Crippen molar-refractivity contribution in [3.05, 3.63) is 34.3 Å². The molecular weight excluding hydrogens is 271 g/mol. The third kappa shape index (κ3) is 3.61. The van der Waals surface area contributed by atoms with Gasteiger partial charge in [-0.15, -0.1) is 12.4 Å². The number of benzene rings is 1. The molecule has 1 saturated carbocycles. The van der Waals surface area contributed by atoms with E-state index in [9.17, 15) is 4.79 Å². The van der Waals surface area contributed by atoms with Gasteiger partial charge >= 0.3 is 0 Å². The number of hydrogen-bond acceptors (Lipinski definition) is 2. The van der Waals surface area contributed by atoms with Gasteiger partial charge in [-0.25, -0.2) is 0 Å². The van der Waals surface area contributed by atoms with E-state index in [0.29, 0.717) is 23.0 Å². The van der Waals surface area contributed by atoms with Crippen LogP contribution in [0.1, 0.15) is 28.8 Å². The standard InChI is InChI=1S/C13H17ClN2O.ClH/c1-8-6-10(4-5-11(8)14)13(17)16-12(7-15)9-2-3-9;/h4-6,9,12H,2-3,7,15H2,1H3,(H,16,17);1H. The smallest absolute Gasteiger partial charge is 0.251 e. The van der Waals surface area contributed by atoms with E-state index in [4.69, 9.17) is 17.3 Å². The minimum Gasteiger partial charge on any atom is -0.348 e. The van der Waals surface area contributed by atoms with Crippen LogP contribution < -0.4 is 11.1 Å². The van der Waals surface area contributed by atoms with Crippen molar-refractivity contribution in [2.45, 2.75) is 25.8 Å². The van der Waals surface area contributed by atoms with Crippen molar-refractivity contribution in [1.82, 2.24) is 5.32 Å². The Kier molecular flexibility index (Phi) is 5.45. The van der Waals surface area contributed by atoms with E-state index in [0.717, 1.165) is 5.56 Å². The Balaban J connectivity index is 0.00000162. The minimum absolute atomic E-state index is 0. The van der Waals surface area contributed by atoms with E-state index < -0.39 is 0 Å². The Morgan fingerprint density at radius 1 is 1.56 bits per heavy atom. The minimum atomic E-state index is -0.0629. The molecule has 3 N–H and O–H groups in total. The van der Waals surface area contributed by atoms with Crippen LogP contribution in [0, 0.1) is 12.8 Å². The molecule has 5 heteroatoms. The second-order valence-electron chi connectivity index (χ2n) is 4.62. The number of amides is 1. The average Bonchev–Trinajstić information content (AvgIpc) is 3.13. The molecule has 0 aromatic heterocycles. The van der Waals surface area contributed by atoms with E-state index in [1.807, 2.05) is 6.92 Å². The fourth-order valence-electron chi connectivity index (χ4n) is 1.91. The van der Waals surface area contributed by atoms with Crippen LogP contribution in [-0.4, -0.2) is 18.5 Å². The van der Waals surface area contributed by atoms with Gasteiger partial charge in [0.25, 0.3) is 5.91 Å². The van der Waals surface area contributed by atoms with E-state index in [2.05, 4.69) is 5.32 Å². The molecule has 0 aliphatic heterocycles. The lowest BCUT2D eigenvalue weighted by Crippen LogP contribution is -2.41. The maximum atomic E-state index is 12.0. The zero-order valence-corrected chi connectivity index (χ0v) is 11.9. The molecule has 1 aliphatic carbocycles. The summed E-state index contributed by atoms with van der Waals surface area (Å²) in [5.74, 6) is 0.504. The number of nitrogens with one attached hydrogen (secondary N) is 1. The van der Waals surface area contributed by atoms with Crippen LogP contribution in [0.3, 0.4) is 0 Å². The van der Waals surface area contributed by atoms with Crippen molar-refractivity contribution < 1.29 is 4.79 Å². The predicted octanol–water partition coefficient (Wildman–Crippen LogP) is 2.54. The molecule has 1 aliphatic rings. The topological polar surface area (TPSA) is 55.1 Å². The van der Waals surface area contributed by atoms with Gasteiger partial charge in [0.05, 0.1) is 0 Å². The lowest BCUT2D eigenvalue weighted by Gasteiger charge is -2.16. The van der Waals surface area contributed by atoms with Gasteiger partial charge in [0, 0.05) is 23.2 Å². The van der Waals surface area contributed by atoms with Gasteiger partial charge in [0.15, 0.2) is 0 Å². The summed E-state index contributed by atoms with van der Waals surface area (Å²) < 4.78 is 0. The molecule has 0 saturated heterocycles. The Morgan fingerprint density at radius 2 is 2.22 bits per heavy atom. The van der Waals surface area contributed by atoms with Crippen molar-refractivity contribution in [2.75, 3.05) is 6.54 Å². The molecule has 0 bridgehead atoms. The first kappa shape index (κ1) is 15.3. The molecular formula is C13H18Cl2N2O. The SMILES string of the molecule is Cc1cc(C(=O)NC(CN)C2CC2)ccc1Cl.Cl. The van der Waals surface area contributed by atoms with Crippen LogP contribution in [0.25, 0.3) is 0 Å². The third-order valence-corrected chi connectivity index (χ3v) is 3.61. The van der Waals surface area contributed by atoms with Crippen LogP contribution in [0.5, 0.6) is 0 Å². The van der Waals surface area contributed by atoms with Gasteiger partial charge in [0.2, 0.25) is 0 Å². The van der Waals surface area contributed by atoms with Crippen LogP contribution in [-0.2, 0) is 0 Å². The third-order valence-electron chi connectivity index (χ3n) is 3.18. The summed E-state index contributed by atoms with van der Waals surface area (Å²) in [6.45, 7) is 2.39. The summed E-state index contributed by atoms with van der Waals surface area (Å²) in [5, 5.41) is 3.66. The molecule has 3 nitrogen and oxygen atoms in total. The number of halogens is 2. The van der Waals surface area contributed by atoms with Crippen LogP contribution >= 0.6 is 24.0 Å². The van der Waals surface area contributed by atoms with E-state index in [1.54, 1.807) is 18.2 Å². The first-order valence-electron chi connectivity index (χ1n) is 5.89. The zero-order chi connectivity index (χ0) is 12.4. The molecule has 0 heterocycles. The van der Waals surface area contributed by atoms with Gasteiger partial charge < -0.3 is 11.1 Å². The Morgan fingerprint density at radius 3 is 2.72 bits per heavy atom. The van der Waals surface area contributed by atoms with Crippen LogP contribution in [0.2, 0.25) is 5.02 Å². The second-order valence-corrected chi connectivity index (χ2v) is 5.02. The van der Waals surface area contributed by atoms with E-state index in [-0.39, 0.29) is 24.4 Å². The number of carbonyl (C=O) groups excluding carboxylic acids is 1. The van der Waals surface area contributed by atoms with Crippen molar-refractivity contribution >= 4 is 29.9 Å². The van der Waals surface area contributed by atoms with Gasteiger partial charge in [-0.05, 0) is 49.4 Å². The van der Waals surface area contributed by atoms with Crippen molar-refractivity contribution in [3.63, 3.8) is 0 Å². The summed E-state index contributed by atoms with van der Waals surface area (Å²) in [5.41, 5.74) is 7.21. The maximum Gasteiger partial charge on any atom is 0.251 e. The summed E-state index contributed by atoms with van der Waals surface area (Å²) in [6.07, 6.45) is 2.34. The molecule has 1 fully saturated rings. The highest BCUT2D eigenvalue weighted by atomic mass is 35.5. The molecule has 1 atom stereocenters. The molecule has 100 valence electrons. The molecule has 0 radical (unpaired) electrons. The first-order valence-corrected chi connectivity index (χ1v) is 6.26. The average molecular weight is 289 g/mol. The molecule has 1 unspecified atom stereocenters. The van der Waals surface area contributed by atoms with Crippen molar-refractivity contribution in [1.29, 1.82) is 0 Å². The Hall–Kier alpha value is -0.770. The fraction of sp³-hybridized carbons (Fsp3) is 0.462. The highest BCUT2D eigenvalue weighted by Crippen LogP contribution is 2.32. The molecule has 2 rings (SSSR count). The molecule has 0 spiro atoms. The van der Waals surface area contributed by atoms with Gasteiger partial charge in [0.1, 0.15) is 0 Å². The van der Waals surface area contributed by atoms with E-state index in [1.165, 1.54) is 12.8 Å². The number of rotatable bonds is 4. The molecule has 1 aromatic rings. The lowest BCUT2D eigenvalue weighted by molar-refractivity contribution is 0.0933. The van der Waals surface area contributed by atoms with Crippen molar-refractivity contribution in [3.8, 4) is 0 Å². The quantitative estimate of drug-likeness (QED) is 0.895. The summed E-state index contributed by atoms with van der Waals surface area (Å²) in [4.78, 5) is 12.0. The zero-order valence-electron chi connectivity index (χ0n) is 10.3. The fourth-order valence-corrected chi connectivity index (χ4v) is 2.02. The normalized spacial score (nSPS) is 15.7. The monoisotopic (exact) mass is 288 g/mol. The summed E-state index contributed by atoms with van der Waals surface area (Å²) in [7, 11) is 0. The maximum absolute atomic E-state index is 12.0. The number of nitrogens with two attached hydrogens (primary N) is 1. The van der Waals surface area contributed by atoms with E-state index >= 15 is 0 Å². The second kappa shape index (κ2) is 6.41. The number of aryl methyl sites for hydroxylation is 1. The number of carbonyl (C=O) groups is 1. The summed E-state index contributed by atoms with van der Waals surface area (Å²) in [6, 6.07) is 5.41. The first-order chi connectivity index (χ1) is 8.11. The predicted molar refractivity (Wildman–Crippen MR) is 76.5 cm³/mol. The molecule has 1 amide bonds. The lowest BCUT2D eigenvalue weighted by atomic mass is 10.1. The van der Waals surface area contributed by atoms with Crippen molar-refractivity contribution in [2.24, 2.45) is 11.7 Å². The highest BCUT2D eigenvalue weighted by molar-refractivity contribution is 6.31. The molecule has 18 heavy (non-hydrogen) atoms. The number of hydrogen-bond donors (Lipinski definition) is 2. The van der Waals surface area contributed by atoms with Gasteiger partial charge in [-0.2, -0.15) is 0 Å². The van der Waals surface area contributed by atoms with Gasteiger partial charge in [-0.3, -0.25) is 4.79 Å². The largest absolute Gasteiger partial charge is 0.348 e.